The van der Waals surface area contributed by atoms with Crippen LogP contribution in [-0.4, -0.2) is 37.8 Å². The first-order chi connectivity index (χ1) is 10.2. The van der Waals surface area contributed by atoms with Crippen molar-refractivity contribution in [2.24, 2.45) is 0 Å². The lowest BCUT2D eigenvalue weighted by molar-refractivity contribution is -0.155. The molecule has 1 aromatic rings. The zero-order valence-corrected chi connectivity index (χ0v) is 13.4. The lowest BCUT2D eigenvalue weighted by Gasteiger charge is -2.43. The molecule has 0 radical (unpaired) electrons. The first kappa shape index (κ1) is 15.0. The number of aldehydes is 1. The molecule has 0 saturated carbocycles. The maximum Gasteiger partial charge on any atom is 0.150 e. The van der Waals surface area contributed by atoms with E-state index in [1.165, 1.54) is 0 Å². The third-order valence-corrected chi connectivity index (χ3v) is 4.86. The van der Waals surface area contributed by atoms with E-state index in [0.717, 1.165) is 62.0 Å². The highest BCUT2D eigenvalue weighted by Gasteiger charge is 2.39. The van der Waals surface area contributed by atoms with E-state index in [0.29, 0.717) is 5.56 Å². The van der Waals surface area contributed by atoms with Gasteiger partial charge in [-0.2, -0.15) is 0 Å². The number of rotatable bonds is 3. The smallest absolute Gasteiger partial charge is 0.150 e. The number of hydrogen-bond donors (Lipinski definition) is 0. The number of carbonyl (C=O) groups is 1. The Morgan fingerprint density at radius 2 is 2.10 bits per heavy atom. The number of hydrogen-bond acceptors (Lipinski definition) is 4. The van der Waals surface area contributed by atoms with E-state index in [1.54, 1.807) is 12.1 Å². The molecule has 1 spiro atoms. The molecule has 0 N–H and O–H groups in total. The standard InChI is InChI=1S/C16H19BrO4/c17-14-9-12(11-18)1-2-15(14)21-13-3-6-20-16(10-13)4-7-19-8-5-16/h1-2,9,11,13H,3-8,10H2. The minimum atomic E-state index is -0.0730. The molecule has 2 aliphatic heterocycles. The lowest BCUT2D eigenvalue weighted by Crippen LogP contribution is -2.47. The Balaban J connectivity index is 1.68. The van der Waals surface area contributed by atoms with Gasteiger partial charge in [0.25, 0.3) is 0 Å². The van der Waals surface area contributed by atoms with Gasteiger partial charge in [-0.05, 0) is 47.0 Å². The summed E-state index contributed by atoms with van der Waals surface area (Å²) in [4.78, 5) is 10.8. The average molecular weight is 355 g/mol. The summed E-state index contributed by atoms with van der Waals surface area (Å²) in [6, 6.07) is 5.41. The van der Waals surface area contributed by atoms with E-state index in [-0.39, 0.29) is 11.7 Å². The molecule has 4 nitrogen and oxygen atoms in total. The molecular weight excluding hydrogens is 336 g/mol. The number of ether oxygens (including phenoxy) is 3. The van der Waals surface area contributed by atoms with Crippen LogP contribution in [0.3, 0.4) is 0 Å². The molecule has 0 aromatic heterocycles. The molecule has 1 unspecified atom stereocenters. The Hall–Kier alpha value is -0.910. The average Bonchev–Trinajstić information content (AvgIpc) is 2.50. The summed E-state index contributed by atoms with van der Waals surface area (Å²) in [5.74, 6) is 0.787. The maximum absolute atomic E-state index is 10.8. The van der Waals surface area contributed by atoms with Crippen LogP contribution in [0.5, 0.6) is 5.75 Å². The molecule has 2 heterocycles. The highest BCUT2D eigenvalue weighted by Crippen LogP contribution is 2.37. The van der Waals surface area contributed by atoms with Crippen LogP contribution < -0.4 is 4.74 Å². The monoisotopic (exact) mass is 354 g/mol. The summed E-state index contributed by atoms with van der Waals surface area (Å²) >= 11 is 3.47. The second kappa shape index (κ2) is 6.46. The van der Waals surface area contributed by atoms with Crippen molar-refractivity contribution in [3.63, 3.8) is 0 Å². The SMILES string of the molecule is O=Cc1ccc(OC2CCOC3(CCOCC3)C2)c(Br)c1. The Kier molecular flexibility index (Phi) is 4.62. The Morgan fingerprint density at radius 1 is 1.29 bits per heavy atom. The summed E-state index contributed by atoms with van der Waals surface area (Å²) in [6.45, 7) is 2.27. The Bertz CT molecular complexity index is 505. The third kappa shape index (κ3) is 3.47. The summed E-state index contributed by atoms with van der Waals surface area (Å²) in [6.07, 6.45) is 4.66. The Labute approximate surface area is 132 Å². The highest BCUT2D eigenvalue weighted by molar-refractivity contribution is 9.10. The second-order valence-corrected chi connectivity index (χ2v) is 6.54. The fourth-order valence-electron chi connectivity index (χ4n) is 3.04. The van der Waals surface area contributed by atoms with Crippen molar-refractivity contribution >= 4 is 22.2 Å². The molecule has 0 amide bonds. The number of benzene rings is 1. The van der Waals surface area contributed by atoms with Gasteiger partial charge in [0.2, 0.25) is 0 Å². The summed E-state index contributed by atoms with van der Waals surface area (Å²) in [5, 5.41) is 0. The Morgan fingerprint density at radius 3 is 2.81 bits per heavy atom. The fourth-order valence-corrected chi connectivity index (χ4v) is 3.53. The van der Waals surface area contributed by atoms with Gasteiger partial charge in [-0.25, -0.2) is 0 Å². The van der Waals surface area contributed by atoms with E-state index >= 15 is 0 Å². The van der Waals surface area contributed by atoms with Crippen LogP contribution in [0.2, 0.25) is 0 Å². The molecule has 3 rings (SSSR count). The molecule has 21 heavy (non-hydrogen) atoms. The van der Waals surface area contributed by atoms with Crippen LogP contribution in [-0.2, 0) is 9.47 Å². The van der Waals surface area contributed by atoms with Crippen LogP contribution in [0, 0.1) is 0 Å². The summed E-state index contributed by atoms with van der Waals surface area (Å²) in [7, 11) is 0. The van der Waals surface area contributed by atoms with E-state index in [9.17, 15) is 4.79 Å². The number of carbonyl (C=O) groups excluding carboxylic acids is 1. The molecule has 0 aliphatic carbocycles. The minimum Gasteiger partial charge on any atom is -0.489 e. The normalized spacial score (nSPS) is 24.7. The second-order valence-electron chi connectivity index (χ2n) is 5.68. The topological polar surface area (TPSA) is 44.8 Å². The van der Waals surface area contributed by atoms with Gasteiger partial charge in [0, 0.05) is 31.6 Å². The largest absolute Gasteiger partial charge is 0.489 e. The van der Waals surface area contributed by atoms with Crippen molar-refractivity contribution in [2.45, 2.75) is 37.4 Å². The molecule has 114 valence electrons. The number of halogens is 1. The molecule has 2 fully saturated rings. The summed E-state index contributed by atoms with van der Waals surface area (Å²) in [5.41, 5.74) is 0.568. The molecule has 5 heteroatoms. The van der Waals surface area contributed by atoms with E-state index in [4.69, 9.17) is 14.2 Å². The third-order valence-electron chi connectivity index (χ3n) is 4.24. The zero-order valence-electron chi connectivity index (χ0n) is 11.8. The van der Waals surface area contributed by atoms with Gasteiger partial charge in [0.15, 0.2) is 0 Å². The van der Waals surface area contributed by atoms with E-state index in [1.807, 2.05) is 6.07 Å². The quantitative estimate of drug-likeness (QED) is 0.780. The predicted octanol–water partition coefficient (Wildman–Crippen LogP) is 3.37. The molecular formula is C16H19BrO4. The van der Waals surface area contributed by atoms with Gasteiger partial charge < -0.3 is 14.2 Å². The molecule has 2 aliphatic rings. The van der Waals surface area contributed by atoms with Gasteiger partial charge >= 0.3 is 0 Å². The zero-order chi connectivity index (χ0) is 14.7. The van der Waals surface area contributed by atoms with Crippen molar-refractivity contribution < 1.29 is 19.0 Å². The van der Waals surface area contributed by atoms with Crippen LogP contribution in [0.4, 0.5) is 0 Å². The van der Waals surface area contributed by atoms with Crippen molar-refractivity contribution in [3.8, 4) is 5.75 Å². The molecule has 2 saturated heterocycles. The van der Waals surface area contributed by atoms with Crippen molar-refractivity contribution in [1.29, 1.82) is 0 Å². The van der Waals surface area contributed by atoms with Gasteiger partial charge in [-0.3, -0.25) is 4.79 Å². The molecule has 0 bridgehead atoms. The van der Waals surface area contributed by atoms with Gasteiger partial charge in [0.05, 0.1) is 16.7 Å². The van der Waals surface area contributed by atoms with E-state index in [2.05, 4.69) is 15.9 Å². The summed E-state index contributed by atoms with van der Waals surface area (Å²) < 4.78 is 18.4. The molecule has 1 atom stereocenters. The van der Waals surface area contributed by atoms with Crippen molar-refractivity contribution in [1.82, 2.24) is 0 Å². The van der Waals surface area contributed by atoms with Crippen molar-refractivity contribution in [3.05, 3.63) is 28.2 Å². The van der Waals surface area contributed by atoms with E-state index < -0.39 is 0 Å². The first-order valence-corrected chi connectivity index (χ1v) is 8.13. The fraction of sp³-hybridized carbons (Fsp3) is 0.562. The maximum atomic E-state index is 10.8. The van der Waals surface area contributed by atoms with Gasteiger partial charge in [-0.1, -0.05) is 0 Å². The minimum absolute atomic E-state index is 0.0730. The van der Waals surface area contributed by atoms with Crippen LogP contribution in [0.25, 0.3) is 0 Å². The van der Waals surface area contributed by atoms with Gasteiger partial charge in [-0.15, -0.1) is 0 Å². The van der Waals surface area contributed by atoms with Crippen LogP contribution in [0.1, 0.15) is 36.0 Å². The van der Waals surface area contributed by atoms with Crippen LogP contribution >= 0.6 is 15.9 Å². The van der Waals surface area contributed by atoms with Crippen LogP contribution in [0.15, 0.2) is 22.7 Å². The highest BCUT2D eigenvalue weighted by atomic mass is 79.9. The predicted molar refractivity (Wildman–Crippen MR) is 81.9 cm³/mol. The first-order valence-electron chi connectivity index (χ1n) is 7.34. The van der Waals surface area contributed by atoms with Crippen molar-refractivity contribution in [2.75, 3.05) is 19.8 Å². The lowest BCUT2D eigenvalue weighted by atomic mass is 9.85. The van der Waals surface area contributed by atoms with Gasteiger partial charge in [0.1, 0.15) is 18.1 Å². The molecule has 1 aromatic carbocycles.